The molecule has 0 amide bonds. The van der Waals surface area contributed by atoms with Crippen molar-refractivity contribution in [3.63, 3.8) is 0 Å². The van der Waals surface area contributed by atoms with E-state index in [4.69, 9.17) is 0 Å². The monoisotopic (exact) mass is 3550 g/mol. The zero-order chi connectivity index (χ0) is 22.5. The summed E-state index contributed by atoms with van der Waals surface area (Å²) in [6.07, 6.45) is 0. The minimum absolute atomic E-state index is 0.423. The summed E-state index contributed by atoms with van der Waals surface area (Å²) in [5, 5.41) is 0. The van der Waals surface area contributed by atoms with Gasteiger partial charge in [0.25, 0.3) is 0 Å². The molecule has 0 aliphatic rings. The van der Waals surface area contributed by atoms with E-state index in [1.807, 2.05) is 0 Å². The summed E-state index contributed by atoms with van der Waals surface area (Å²) in [6.45, 7) is 0. The minimum atomic E-state index is -0.475. The number of hydrogen-bond acceptors (Lipinski definition) is 0. The Labute approximate surface area is 360 Å². The van der Waals surface area contributed by atoms with Crippen molar-refractivity contribution in [1.29, 1.82) is 0 Å². The Bertz CT molecular complexity index is 370. The van der Waals surface area contributed by atoms with Crippen LogP contribution in [0.2, 0.25) is 0 Å². The summed E-state index contributed by atoms with van der Waals surface area (Å²) in [5.41, 5.74) is 0. The first kappa shape index (κ1) is 48.4. The van der Waals surface area contributed by atoms with Gasteiger partial charge in [-0.1, -0.05) is 0 Å². The van der Waals surface area contributed by atoms with Crippen LogP contribution in [0, 0.1) is 0 Å². The maximum atomic E-state index is 3.26. The summed E-state index contributed by atoms with van der Waals surface area (Å²) < 4.78 is 0. The van der Waals surface area contributed by atoms with Gasteiger partial charge in [-0.15, -0.1) is 0 Å². The molecule has 0 aromatic carbocycles. The summed E-state index contributed by atoms with van der Waals surface area (Å²) in [5.74, 6) is 0. The van der Waals surface area contributed by atoms with Crippen LogP contribution >= 0.6 is 382 Å². The van der Waals surface area contributed by atoms with E-state index >= 15 is 0 Å². The van der Waals surface area contributed by atoms with Crippen LogP contribution in [0.4, 0.5) is 0 Å². The van der Waals surface area contributed by atoms with Crippen LogP contribution in [0.3, 0.4) is 0 Å². The maximum absolute atomic E-state index is 3.26. The predicted octanol–water partition coefficient (Wildman–Crippen LogP) is 24.8. The fraction of sp³-hybridized carbons (Fsp3) is 0. The topological polar surface area (TPSA) is 0 Å². The molecule has 0 N–H and O–H groups in total. The van der Waals surface area contributed by atoms with Crippen molar-refractivity contribution in [3.8, 4) is 0 Å². The van der Waals surface area contributed by atoms with Crippen LogP contribution in [0.25, 0.3) is 0 Å². The number of halogens is 28. The third-order valence-electron chi connectivity index (χ3n) is 0.980. The van der Waals surface area contributed by atoms with E-state index in [-0.39, 0.29) is 0 Å². The molecule has 0 fully saturated rings. The molecule has 0 unspecified atom stereocenters. The molecule has 28 heteroatoms. The molecule has 0 radical (unpaired) electrons. The molecule has 0 rings (SSSR count). The van der Waals surface area contributed by atoms with Gasteiger partial charge in [0.2, 0.25) is 0 Å². The van der Waals surface area contributed by atoms with Crippen molar-refractivity contribution in [1.82, 2.24) is 0 Å². The molecule has 0 saturated carbocycles. The molecule has 0 atom stereocenters. The van der Waals surface area contributed by atoms with Crippen molar-refractivity contribution < 1.29 is 0 Å². The van der Waals surface area contributed by atoms with Crippen molar-refractivity contribution in [3.05, 3.63) is 0 Å². The first-order valence-electron chi connectivity index (χ1n) is 3.86. The summed E-state index contributed by atoms with van der Waals surface area (Å²) >= 11 is 46.9. The molecular formula is I28. The average Bonchev–Trinajstić information content (AvgIpc) is 2.66. The van der Waals surface area contributed by atoms with Crippen molar-refractivity contribution in [2.45, 2.75) is 0 Å². The van der Waals surface area contributed by atoms with Gasteiger partial charge in [-0.2, -0.15) is 0 Å². The number of rotatable bonds is 12. The van der Waals surface area contributed by atoms with Crippen LogP contribution in [-0.4, -0.2) is 0 Å². The Kier molecular flexibility index (Phi) is 50.1. The Morgan fingerprint density at radius 2 is 0.286 bits per heavy atom. The van der Waals surface area contributed by atoms with E-state index < -0.39 is 103 Å². The Morgan fingerprint density at radius 1 is 0.179 bits per heavy atom. The SMILES string of the molecule is II(I)I(I)I(I)I(I)I(I)I(I)I(I)I(I)I(I)I(I)I(I)I(I)I(I)I. The molecule has 0 heterocycles. The third-order valence-corrected chi connectivity index (χ3v) is 1980. The Morgan fingerprint density at radius 3 is 0.393 bits per heavy atom. The second kappa shape index (κ2) is 29.0. The van der Waals surface area contributed by atoms with Gasteiger partial charge in [-0.3, -0.25) is 0 Å². The van der Waals surface area contributed by atoms with Gasteiger partial charge in [0.05, 0.1) is 0 Å². The zero-order valence-electron chi connectivity index (χ0n) is 10.6. The fourth-order valence-electron chi connectivity index (χ4n) is 0.339. The molecule has 0 aliphatic heterocycles. The summed E-state index contributed by atoms with van der Waals surface area (Å²) in [7, 11) is -5.91. The van der Waals surface area contributed by atoms with Crippen LogP contribution in [0.1, 0.15) is 0 Å². The molecule has 0 bridgehead atoms. The summed E-state index contributed by atoms with van der Waals surface area (Å²) in [4.78, 5) is 0. The van der Waals surface area contributed by atoms with E-state index in [1.165, 1.54) is 0 Å². The van der Waals surface area contributed by atoms with Crippen molar-refractivity contribution in [2.75, 3.05) is 0 Å². The second-order valence-electron chi connectivity index (χ2n) is 2.11. The van der Waals surface area contributed by atoms with E-state index in [0.717, 1.165) is 0 Å². The van der Waals surface area contributed by atoms with Gasteiger partial charge >= 0.3 is 382 Å². The summed E-state index contributed by atoms with van der Waals surface area (Å²) in [6, 6.07) is 0. The van der Waals surface area contributed by atoms with Gasteiger partial charge in [0.1, 0.15) is 0 Å². The molecule has 0 aromatic heterocycles. The van der Waals surface area contributed by atoms with E-state index in [0.29, 0.717) is 0 Å². The van der Waals surface area contributed by atoms with Gasteiger partial charge in [-0.25, -0.2) is 0 Å². The third kappa shape index (κ3) is 20.5. The van der Waals surface area contributed by atoms with Gasteiger partial charge in [0, 0.05) is 0 Å². The van der Waals surface area contributed by atoms with Crippen LogP contribution < -0.4 is 0 Å². The molecule has 0 nitrogen and oxygen atoms in total. The molecular weight excluding hydrogens is 3550 g/mol. The molecule has 0 spiro atoms. The fourth-order valence-corrected chi connectivity index (χ4v) is 4610. The molecule has 196 valence electrons. The molecule has 0 aromatic rings. The predicted molar refractivity (Wildman–Crippen MR) is 393 cm³/mol. The number of hydrogen-bond donors (Lipinski definition) is 0. The van der Waals surface area contributed by atoms with Crippen LogP contribution in [0.5, 0.6) is 0 Å². The van der Waals surface area contributed by atoms with Crippen molar-refractivity contribution >= 4 is 382 Å². The van der Waals surface area contributed by atoms with Crippen molar-refractivity contribution in [2.24, 2.45) is 0 Å². The van der Waals surface area contributed by atoms with E-state index in [9.17, 15) is 0 Å². The van der Waals surface area contributed by atoms with E-state index in [2.05, 4.69) is 279 Å². The molecule has 0 saturated heterocycles. The first-order valence-corrected chi connectivity index (χ1v) is 174. The van der Waals surface area contributed by atoms with Gasteiger partial charge < -0.3 is 0 Å². The first-order chi connectivity index (χ1) is 12.7. The Hall–Kier alpha value is 20.4. The second-order valence-corrected chi connectivity index (χ2v) is 636. The molecule has 28 heavy (non-hydrogen) atoms. The Balaban J connectivity index is 5.11. The van der Waals surface area contributed by atoms with Gasteiger partial charge in [0.15, 0.2) is 0 Å². The quantitative estimate of drug-likeness (QED) is 0.171. The average molecular weight is 3550 g/mol. The molecule has 0 aliphatic carbocycles. The van der Waals surface area contributed by atoms with Crippen LogP contribution in [-0.2, 0) is 0 Å². The zero-order valence-corrected chi connectivity index (χ0v) is 71.0. The van der Waals surface area contributed by atoms with E-state index in [1.54, 1.807) is 0 Å². The standard InChI is InChI=1S/I28/c1-16(2)18(5)20(7)22(9)24(11)26(13)28(15)27(14)25(12)23(10)21(8)19(6)17(3)4. The van der Waals surface area contributed by atoms with Crippen LogP contribution in [0.15, 0.2) is 0 Å². The normalized spacial score (nSPS) is 18.3. The van der Waals surface area contributed by atoms with Gasteiger partial charge in [-0.05, 0) is 0 Å².